The Bertz CT molecular complexity index is 504. The number of nitrogens with zero attached hydrogens (tertiary/aromatic N) is 1. The number of aliphatic hydroxyl groups is 1. The molecule has 23 heavy (non-hydrogen) atoms. The Morgan fingerprint density at radius 2 is 2.00 bits per heavy atom. The van der Waals surface area contributed by atoms with Crippen molar-refractivity contribution in [1.82, 2.24) is 4.90 Å². The molecule has 1 aliphatic rings. The van der Waals surface area contributed by atoms with Gasteiger partial charge in [-0.3, -0.25) is 0 Å². The van der Waals surface area contributed by atoms with Crippen LogP contribution in [-0.4, -0.2) is 55.6 Å². The molecule has 0 spiro atoms. The van der Waals surface area contributed by atoms with Crippen molar-refractivity contribution >= 4 is 0 Å². The number of aliphatic hydroxyl groups excluding tert-OH is 1. The summed E-state index contributed by atoms with van der Waals surface area (Å²) in [4.78, 5) is 2.31. The molecule has 130 valence electrons. The van der Waals surface area contributed by atoms with Crippen LogP contribution in [0, 0.1) is 26.7 Å². The molecule has 0 aliphatic carbocycles. The van der Waals surface area contributed by atoms with E-state index in [0.717, 1.165) is 49.6 Å². The number of hydrogen-bond donors (Lipinski definition) is 1. The Kier molecular flexibility index (Phi) is 6.88. The summed E-state index contributed by atoms with van der Waals surface area (Å²) in [6, 6.07) is 4.18. The predicted molar refractivity (Wildman–Crippen MR) is 93.2 cm³/mol. The summed E-state index contributed by atoms with van der Waals surface area (Å²) in [6.45, 7) is 12.9. The Morgan fingerprint density at radius 3 is 2.74 bits per heavy atom. The van der Waals surface area contributed by atoms with Crippen molar-refractivity contribution in [1.29, 1.82) is 0 Å². The molecule has 2 rings (SSSR count). The van der Waals surface area contributed by atoms with Crippen LogP contribution in [0.5, 0.6) is 5.75 Å². The number of hydrogen-bond acceptors (Lipinski definition) is 4. The molecule has 1 aromatic rings. The van der Waals surface area contributed by atoms with Crippen LogP contribution >= 0.6 is 0 Å². The van der Waals surface area contributed by atoms with Gasteiger partial charge >= 0.3 is 0 Å². The van der Waals surface area contributed by atoms with E-state index in [2.05, 4.69) is 30.9 Å². The van der Waals surface area contributed by atoms with E-state index in [0.29, 0.717) is 19.1 Å². The maximum absolute atomic E-state index is 10.3. The van der Waals surface area contributed by atoms with Crippen LogP contribution in [0.15, 0.2) is 12.1 Å². The van der Waals surface area contributed by atoms with Crippen LogP contribution in [0.1, 0.15) is 30.0 Å². The fourth-order valence-electron chi connectivity index (χ4n) is 3.18. The Labute approximate surface area is 140 Å². The Balaban J connectivity index is 1.78. The normalized spacial score (nSPS) is 20.0. The van der Waals surface area contributed by atoms with Gasteiger partial charge in [-0.2, -0.15) is 0 Å². The van der Waals surface area contributed by atoms with Gasteiger partial charge in [-0.1, -0.05) is 12.1 Å². The second kappa shape index (κ2) is 8.67. The number of β-amino-alcohol motifs (C(OH)–C–C–N with tert-alkyl or cyclic N) is 1. The topological polar surface area (TPSA) is 41.9 Å². The van der Waals surface area contributed by atoms with Gasteiger partial charge in [-0.25, -0.2) is 0 Å². The van der Waals surface area contributed by atoms with Gasteiger partial charge in [-0.15, -0.1) is 0 Å². The molecule has 1 N–H and O–H groups in total. The zero-order valence-electron chi connectivity index (χ0n) is 15.0. The highest BCUT2D eigenvalue weighted by molar-refractivity contribution is 5.44. The first-order chi connectivity index (χ1) is 11.0. The maximum Gasteiger partial charge on any atom is 0.125 e. The molecule has 0 bridgehead atoms. The number of likely N-dealkylation sites (tertiary alicyclic amines) is 1. The molecule has 1 heterocycles. The standard InChI is InChI=1S/C19H31NO3/c1-5-22-12-17-8-9-20(10-17)11-18(21)13-23-19-15(3)7-6-14(2)16(19)4/h6-7,17-18,21H,5,8-13H2,1-4H3. The fraction of sp³-hybridized carbons (Fsp3) is 0.684. The van der Waals surface area contributed by atoms with Crippen molar-refractivity contribution in [3.63, 3.8) is 0 Å². The van der Waals surface area contributed by atoms with Crippen LogP contribution in [0.2, 0.25) is 0 Å². The van der Waals surface area contributed by atoms with Gasteiger partial charge in [0.15, 0.2) is 0 Å². The minimum Gasteiger partial charge on any atom is -0.490 e. The molecule has 1 aromatic carbocycles. The van der Waals surface area contributed by atoms with Crippen LogP contribution in [0.3, 0.4) is 0 Å². The number of rotatable bonds is 8. The molecule has 2 atom stereocenters. The average molecular weight is 321 g/mol. The highest BCUT2D eigenvalue weighted by Gasteiger charge is 2.24. The zero-order valence-corrected chi connectivity index (χ0v) is 15.0. The quantitative estimate of drug-likeness (QED) is 0.799. The lowest BCUT2D eigenvalue weighted by atomic mass is 10.1. The predicted octanol–water partition coefficient (Wildman–Crippen LogP) is 2.71. The first-order valence-electron chi connectivity index (χ1n) is 8.69. The first-order valence-corrected chi connectivity index (χ1v) is 8.69. The number of benzene rings is 1. The van der Waals surface area contributed by atoms with Gasteiger partial charge in [0.05, 0.1) is 6.61 Å². The highest BCUT2D eigenvalue weighted by Crippen LogP contribution is 2.26. The molecular formula is C19H31NO3. The van der Waals surface area contributed by atoms with Crippen molar-refractivity contribution in [3.05, 3.63) is 28.8 Å². The third kappa shape index (κ3) is 5.20. The monoisotopic (exact) mass is 321 g/mol. The van der Waals surface area contributed by atoms with Crippen molar-refractivity contribution in [2.24, 2.45) is 5.92 Å². The summed E-state index contributed by atoms with van der Waals surface area (Å²) in [5, 5.41) is 10.3. The third-order valence-electron chi connectivity index (χ3n) is 4.69. The molecule has 1 fully saturated rings. The van der Waals surface area contributed by atoms with Crippen molar-refractivity contribution in [2.75, 3.05) is 39.5 Å². The van der Waals surface area contributed by atoms with Crippen molar-refractivity contribution < 1.29 is 14.6 Å². The molecule has 2 unspecified atom stereocenters. The molecule has 0 amide bonds. The van der Waals surface area contributed by atoms with Crippen molar-refractivity contribution in [3.8, 4) is 5.75 Å². The van der Waals surface area contributed by atoms with E-state index in [1.165, 1.54) is 5.56 Å². The van der Waals surface area contributed by atoms with E-state index in [4.69, 9.17) is 9.47 Å². The average Bonchev–Trinajstić information content (AvgIpc) is 2.96. The van der Waals surface area contributed by atoms with E-state index >= 15 is 0 Å². The Morgan fingerprint density at radius 1 is 1.26 bits per heavy atom. The minimum absolute atomic E-state index is 0.345. The first kappa shape index (κ1) is 18.2. The van der Waals surface area contributed by atoms with Gasteiger partial charge in [0.1, 0.15) is 18.5 Å². The number of ether oxygens (including phenoxy) is 2. The largest absolute Gasteiger partial charge is 0.490 e. The molecule has 4 nitrogen and oxygen atoms in total. The second-order valence-electron chi connectivity index (χ2n) is 6.69. The lowest BCUT2D eigenvalue weighted by molar-refractivity contribution is 0.0696. The highest BCUT2D eigenvalue weighted by atomic mass is 16.5. The van der Waals surface area contributed by atoms with Gasteiger partial charge in [-0.05, 0) is 63.3 Å². The summed E-state index contributed by atoms with van der Waals surface area (Å²) in [5.41, 5.74) is 3.51. The van der Waals surface area contributed by atoms with Gasteiger partial charge in [0.2, 0.25) is 0 Å². The summed E-state index contributed by atoms with van der Waals surface area (Å²) in [6.07, 6.45) is 0.698. The second-order valence-corrected chi connectivity index (χ2v) is 6.69. The third-order valence-corrected chi connectivity index (χ3v) is 4.69. The van der Waals surface area contributed by atoms with Crippen molar-refractivity contribution in [2.45, 2.75) is 40.2 Å². The summed E-state index contributed by atoms with van der Waals surface area (Å²) in [7, 11) is 0. The molecule has 0 radical (unpaired) electrons. The summed E-state index contributed by atoms with van der Waals surface area (Å²) < 4.78 is 11.4. The summed E-state index contributed by atoms with van der Waals surface area (Å²) in [5.74, 6) is 1.52. The molecule has 1 aliphatic heterocycles. The fourth-order valence-corrected chi connectivity index (χ4v) is 3.18. The Hall–Kier alpha value is -1.10. The van der Waals surface area contributed by atoms with Gasteiger partial charge in [0, 0.05) is 19.7 Å². The van der Waals surface area contributed by atoms with E-state index in [9.17, 15) is 5.11 Å². The van der Waals surface area contributed by atoms with E-state index in [1.807, 2.05) is 13.8 Å². The van der Waals surface area contributed by atoms with Gasteiger partial charge < -0.3 is 19.5 Å². The van der Waals surface area contributed by atoms with Crippen LogP contribution in [0.25, 0.3) is 0 Å². The maximum atomic E-state index is 10.3. The summed E-state index contributed by atoms with van der Waals surface area (Å²) >= 11 is 0. The lowest BCUT2D eigenvalue weighted by Crippen LogP contribution is -2.34. The lowest BCUT2D eigenvalue weighted by Gasteiger charge is -2.21. The molecular weight excluding hydrogens is 290 g/mol. The minimum atomic E-state index is -0.458. The molecule has 0 saturated carbocycles. The number of aryl methyl sites for hydroxylation is 2. The SMILES string of the molecule is CCOCC1CCN(CC(O)COc2c(C)ccc(C)c2C)C1. The molecule has 0 aromatic heterocycles. The van der Waals surface area contributed by atoms with Gasteiger partial charge in [0.25, 0.3) is 0 Å². The van der Waals surface area contributed by atoms with Crippen LogP contribution < -0.4 is 4.74 Å². The van der Waals surface area contributed by atoms with E-state index in [1.54, 1.807) is 0 Å². The van der Waals surface area contributed by atoms with E-state index in [-0.39, 0.29) is 0 Å². The zero-order chi connectivity index (χ0) is 16.8. The molecule has 4 heteroatoms. The smallest absolute Gasteiger partial charge is 0.125 e. The van der Waals surface area contributed by atoms with Crippen LogP contribution in [-0.2, 0) is 4.74 Å². The van der Waals surface area contributed by atoms with E-state index < -0.39 is 6.10 Å². The van der Waals surface area contributed by atoms with Crippen LogP contribution in [0.4, 0.5) is 0 Å². The molecule has 1 saturated heterocycles.